The normalized spacial score (nSPS) is 27.0. The molecular formula is C12H15N3O. The van der Waals surface area contributed by atoms with Crippen LogP contribution in [0, 0.1) is 11.8 Å². The highest BCUT2D eigenvalue weighted by atomic mass is 16.2. The second-order valence-electron chi connectivity index (χ2n) is 4.10. The molecule has 0 saturated carbocycles. The molecule has 4 heteroatoms. The molecule has 2 atom stereocenters. The van der Waals surface area contributed by atoms with E-state index in [0.717, 1.165) is 5.71 Å². The topological polar surface area (TPSA) is 67.5 Å². The van der Waals surface area contributed by atoms with Crippen LogP contribution in [0.25, 0.3) is 0 Å². The van der Waals surface area contributed by atoms with Gasteiger partial charge in [0.2, 0.25) is 0 Å². The van der Waals surface area contributed by atoms with E-state index in [0.29, 0.717) is 0 Å². The van der Waals surface area contributed by atoms with Crippen molar-refractivity contribution in [3.8, 4) is 0 Å². The number of hydrogen-bond donors (Lipinski definition) is 2. The molecule has 84 valence electrons. The Labute approximate surface area is 94.6 Å². The van der Waals surface area contributed by atoms with Crippen LogP contribution in [0.4, 0.5) is 4.79 Å². The van der Waals surface area contributed by atoms with Crippen molar-refractivity contribution in [1.29, 1.82) is 0 Å². The lowest BCUT2D eigenvalue weighted by Crippen LogP contribution is -2.28. The molecule has 0 radical (unpaired) electrons. The van der Waals surface area contributed by atoms with Crippen molar-refractivity contribution in [3.63, 3.8) is 0 Å². The van der Waals surface area contributed by atoms with Crippen molar-refractivity contribution in [2.24, 2.45) is 22.7 Å². The van der Waals surface area contributed by atoms with Crippen molar-refractivity contribution in [2.45, 2.75) is 13.8 Å². The predicted octanol–water partition coefficient (Wildman–Crippen LogP) is 1.72. The molecule has 0 aliphatic heterocycles. The molecule has 3 N–H and O–H groups in total. The first kappa shape index (κ1) is 10.7. The van der Waals surface area contributed by atoms with E-state index in [4.69, 9.17) is 5.73 Å². The molecule has 2 unspecified atom stereocenters. The van der Waals surface area contributed by atoms with Crippen LogP contribution < -0.4 is 11.2 Å². The zero-order valence-electron chi connectivity index (χ0n) is 9.40. The van der Waals surface area contributed by atoms with E-state index >= 15 is 0 Å². The standard InChI is InChI=1S/C12H15N3O/c1-7-8(2)10-6-4-3-5-9(7)11(10)14-15-12(13)16/h3-6,9-10H,1-2H3,(H3,13,15,16). The molecule has 0 spiro atoms. The zero-order chi connectivity index (χ0) is 11.7. The van der Waals surface area contributed by atoms with Crippen molar-refractivity contribution in [1.82, 2.24) is 5.43 Å². The number of amides is 2. The summed E-state index contributed by atoms with van der Waals surface area (Å²) in [5.74, 6) is 0.374. The summed E-state index contributed by atoms with van der Waals surface area (Å²) in [5.41, 5.74) is 10.9. The van der Waals surface area contributed by atoms with Crippen LogP contribution in [0.15, 0.2) is 40.6 Å². The molecule has 2 aliphatic carbocycles. The number of hydrazone groups is 1. The van der Waals surface area contributed by atoms with Gasteiger partial charge in [0.15, 0.2) is 0 Å². The molecule has 2 amide bonds. The fraction of sp³-hybridized carbons (Fsp3) is 0.333. The van der Waals surface area contributed by atoms with E-state index in [9.17, 15) is 4.79 Å². The van der Waals surface area contributed by atoms with Gasteiger partial charge >= 0.3 is 6.03 Å². The number of primary amides is 1. The van der Waals surface area contributed by atoms with E-state index in [1.807, 2.05) is 12.2 Å². The molecule has 16 heavy (non-hydrogen) atoms. The number of carbonyl (C=O) groups excluding carboxylic acids is 1. The third-order valence-corrected chi connectivity index (χ3v) is 3.21. The van der Waals surface area contributed by atoms with Crippen molar-refractivity contribution < 1.29 is 4.79 Å². The van der Waals surface area contributed by atoms with Gasteiger partial charge in [-0.2, -0.15) is 5.10 Å². The molecule has 0 saturated heterocycles. The molecule has 0 aromatic rings. The first-order chi connectivity index (χ1) is 7.61. The Balaban J connectivity index is 2.37. The SMILES string of the molecule is CC1=C(C)C2C=CC=CC1C2=NNC(N)=O. The number of nitrogens with two attached hydrogens (primary N) is 1. The van der Waals surface area contributed by atoms with E-state index in [1.165, 1.54) is 11.1 Å². The Hall–Kier alpha value is -1.84. The minimum Gasteiger partial charge on any atom is -0.350 e. The number of nitrogens with zero attached hydrogens (tertiary/aromatic N) is 1. The molecule has 2 aliphatic rings. The van der Waals surface area contributed by atoms with Crippen LogP contribution in [0.1, 0.15) is 13.8 Å². The minimum absolute atomic E-state index is 0.187. The van der Waals surface area contributed by atoms with Gasteiger partial charge in [-0.15, -0.1) is 0 Å². The summed E-state index contributed by atoms with van der Waals surface area (Å²) in [4.78, 5) is 10.7. The van der Waals surface area contributed by atoms with Crippen LogP contribution in [0.3, 0.4) is 0 Å². The summed E-state index contributed by atoms with van der Waals surface area (Å²) in [6.07, 6.45) is 8.20. The first-order valence-electron chi connectivity index (χ1n) is 5.26. The van der Waals surface area contributed by atoms with Gasteiger partial charge in [-0.25, -0.2) is 10.2 Å². The highest BCUT2D eigenvalue weighted by Gasteiger charge is 2.33. The maximum Gasteiger partial charge on any atom is 0.332 e. The minimum atomic E-state index is -0.626. The Morgan fingerprint density at radius 2 is 1.75 bits per heavy atom. The summed E-state index contributed by atoms with van der Waals surface area (Å²) >= 11 is 0. The third-order valence-electron chi connectivity index (χ3n) is 3.21. The predicted molar refractivity (Wildman–Crippen MR) is 63.8 cm³/mol. The molecule has 2 rings (SSSR count). The van der Waals surface area contributed by atoms with E-state index < -0.39 is 6.03 Å². The maximum atomic E-state index is 10.7. The monoisotopic (exact) mass is 217 g/mol. The Morgan fingerprint density at radius 1 is 1.25 bits per heavy atom. The number of fused-ring (bicyclic) bond motifs is 2. The number of hydrogen-bond acceptors (Lipinski definition) is 2. The second kappa shape index (κ2) is 3.96. The largest absolute Gasteiger partial charge is 0.350 e. The number of rotatable bonds is 1. The summed E-state index contributed by atoms with van der Waals surface area (Å²) in [7, 11) is 0. The Kier molecular flexibility index (Phi) is 2.64. The van der Waals surface area contributed by atoms with Crippen LogP contribution in [-0.4, -0.2) is 11.7 Å². The van der Waals surface area contributed by atoms with Gasteiger partial charge in [-0.3, -0.25) is 0 Å². The Bertz CT molecular complexity index is 413. The van der Waals surface area contributed by atoms with Crippen LogP contribution in [-0.2, 0) is 0 Å². The highest BCUT2D eigenvalue weighted by molar-refractivity contribution is 6.00. The van der Waals surface area contributed by atoms with Gasteiger partial charge in [0.1, 0.15) is 0 Å². The van der Waals surface area contributed by atoms with Gasteiger partial charge in [0.25, 0.3) is 0 Å². The second-order valence-corrected chi connectivity index (χ2v) is 4.10. The van der Waals surface area contributed by atoms with E-state index in [2.05, 4.69) is 36.5 Å². The van der Waals surface area contributed by atoms with Crippen molar-refractivity contribution >= 4 is 11.7 Å². The van der Waals surface area contributed by atoms with Gasteiger partial charge in [0, 0.05) is 11.8 Å². The fourth-order valence-corrected chi connectivity index (χ4v) is 2.22. The number of urea groups is 1. The molecule has 2 bridgehead atoms. The molecule has 0 aromatic heterocycles. The average molecular weight is 217 g/mol. The summed E-state index contributed by atoms with van der Waals surface area (Å²) in [6, 6.07) is -0.626. The first-order valence-corrected chi connectivity index (χ1v) is 5.26. The molecular weight excluding hydrogens is 202 g/mol. The third kappa shape index (κ3) is 1.66. The quantitative estimate of drug-likeness (QED) is 0.509. The smallest absolute Gasteiger partial charge is 0.332 e. The van der Waals surface area contributed by atoms with Crippen LogP contribution in [0.2, 0.25) is 0 Å². The van der Waals surface area contributed by atoms with Crippen molar-refractivity contribution in [3.05, 3.63) is 35.5 Å². The van der Waals surface area contributed by atoms with E-state index in [1.54, 1.807) is 0 Å². The molecule has 4 nitrogen and oxygen atoms in total. The zero-order valence-corrected chi connectivity index (χ0v) is 9.40. The fourth-order valence-electron chi connectivity index (χ4n) is 2.22. The van der Waals surface area contributed by atoms with Gasteiger partial charge in [-0.05, 0) is 13.8 Å². The lowest BCUT2D eigenvalue weighted by molar-refractivity contribution is 0.249. The lowest BCUT2D eigenvalue weighted by Gasteiger charge is -2.10. The van der Waals surface area contributed by atoms with Gasteiger partial charge in [0.05, 0.1) is 5.71 Å². The highest BCUT2D eigenvalue weighted by Crippen LogP contribution is 2.37. The van der Waals surface area contributed by atoms with Crippen molar-refractivity contribution in [2.75, 3.05) is 0 Å². The number of nitrogens with one attached hydrogen (secondary N) is 1. The van der Waals surface area contributed by atoms with E-state index in [-0.39, 0.29) is 11.8 Å². The summed E-state index contributed by atoms with van der Waals surface area (Å²) in [5, 5.41) is 4.12. The average Bonchev–Trinajstić information content (AvgIpc) is 2.44. The maximum absolute atomic E-state index is 10.7. The molecule has 0 heterocycles. The summed E-state index contributed by atoms with van der Waals surface area (Å²) in [6.45, 7) is 4.20. The van der Waals surface area contributed by atoms with Gasteiger partial charge < -0.3 is 5.73 Å². The molecule has 0 aromatic carbocycles. The number of carbonyl (C=O) groups is 1. The summed E-state index contributed by atoms with van der Waals surface area (Å²) < 4.78 is 0. The lowest BCUT2D eigenvalue weighted by atomic mass is 9.98. The van der Waals surface area contributed by atoms with Crippen LogP contribution >= 0.6 is 0 Å². The van der Waals surface area contributed by atoms with Gasteiger partial charge in [-0.1, -0.05) is 35.5 Å². The number of allylic oxidation sites excluding steroid dienone is 6. The Morgan fingerprint density at radius 3 is 2.19 bits per heavy atom. The van der Waals surface area contributed by atoms with Crippen LogP contribution in [0.5, 0.6) is 0 Å². The molecule has 0 fully saturated rings.